The van der Waals surface area contributed by atoms with Crippen LogP contribution in [0.3, 0.4) is 0 Å². The minimum Gasteiger partial charge on any atom is -0.485 e. The number of fused-ring (bicyclic) bond motifs is 2. The second-order valence-electron chi connectivity index (χ2n) is 12.1. The Kier molecular flexibility index (Phi) is 6.95. The van der Waals surface area contributed by atoms with Gasteiger partial charge >= 0.3 is 0 Å². The van der Waals surface area contributed by atoms with Gasteiger partial charge in [-0.25, -0.2) is 9.37 Å². The Morgan fingerprint density at radius 2 is 1.83 bits per heavy atom. The highest BCUT2D eigenvalue weighted by Crippen LogP contribution is 2.45. The number of benzene rings is 3. The number of nitrogens with zero attached hydrogens (tertiary/aromatic N) is 3. The quantitative estimate of drug-likeness (QED) is 0.260. The zero-order chi connectivity index (χ0) is 28.1. The van der Waals surface area contributed by atoms with E-state index in [0.29, 0.717) is 24.1 Å². The van der Waals surface area contributed by atoms with Crippen molar-refractivity contribution in [2.24, 2.45) is 0 Å². The van der Waals surface area contributed by atoms with Gasteiger partial charge in [0.1, 0.15) is 18.2 Å². The number of rotatable bonds is 6. The van der Waals surface area contributed by atoms with Crippen molar-refractivity contribution >= 4 is 11.0 Å². The number of piperidine rings is 1. The summed E-state index contributed by atoms with van der Waals surface area (Å²) in [5.74, 6) is 2.73. The molecule has 7 heteroatoms. The molecule has 0 N–H and O–H groups in total. The van der Waals surface area contributed by atoms with Crippen LogP contribution < -0.4 is 9.47 Å². The van der Waals surface area contributed by atoms with Crippen molar-refractivity contribution < 1.29 is 18.6 Å². The van der Waals surface area contributed by atoms with Gasteiger partial charge in [-0.3, -0.25) is 4.90 Å². The fourth-order valence-electron chi connectivity index (χ4n) is 6.64. The van der Waals surface area contributed by atoms with Crippen molar-refractivity contribution in [2.45, 2.75) is 77.3 Å². The van der Waals surface area contributed by atoms with Gasteiger partial charge in [-0.15, -0.1) is 0 Å². The molecule has 7 rings (SSSR count). The molecule has 0 amide bonds. The SMILES string of the molecule is Cc1ccc(C2COc3cccc(C4CCN(Cc5nc6ccc(C)cc6n5CC5CCO5)C(C)C4)c3O2)c(F)c1. The van der Waals surface area contributed by atoms with Crippen molar-refractivity contribution in [1.29, 1.82) is 0 Å². The van der Waals surface area contributed by atoms with Crippen LogP contribution in [0.15, 0.2) is 54.6 Å². The van der Waals surface area contributed by atoms with E-state index in [1.54, 1.807) is 6.07 Å². The summed E-state index contributed by atoms with van der Waals surface area (Å²) in [6, 6.07) is 18.4. The molecular weight excluding hydrogens is 517 g/mol. The average molecular weight is 556 g/mol. The number of aromatic nitrogens is 2. The summed E-state index contributed by atoms with van der Waals surface area (Å²) in [6.07, 6.45) is 2.95. The van der Waals surface area contributed by atoms with Gasteiger partial charge in [0.2, 0.25) is 0 Å². The predicted octanol–water partition coefficient (Wildman–Crippen LogP) is 6.86. The number of likely N-dealkylation sites (tertiary alicyclic amines) is 1. The van der Waals surface area contributed by atoms with Gasteiger partial charge in [0.05, 0.1) is 30.2 Å². The molecule has 41 heavy (non-hydrogen) atoms. The van der Waals surface area contributed by atoms with Gasteiger partial charge in [0, 0.05) is 23.8 Å². The summed E-state index contributed by atoms with van der Waals surface area (Å²) >= 11 is 0. The molecule has 0 spiro atoms. The number of imidazole rings is 1. The van der Waals surface area contributed by atoms with Gasteiger partial charge in [-0.05, 0) is 87.9 Å². The Hall–Kier alpha value is -3.42. The van der Waals surface area contributed by atoms with E-state index in [0.717, 1.165) is 79.5 Å². The highest BCUT2D eigenvalue weighted by atomic mass is 19.1. The zero-order valence-electron chi connectivity index (χ0n) is 24.1. The van der Waals surface area contributed by atoms with E-state index in [1.165, 1.54) is 11.1 Å². The number of hydrogen-bond donors (Lipinski definition) is 0. The summed E-state index contributed by atoms with van der Waals surface area (Å²) in [5, 5.41) is 0. The fourth-order valence-corrected chi connectivity index (χ4v) is 6.64. The van der Waals surface area contributed by atoms with Crippen LogP contribution in [-0.4, -0.2) is 46.4 Å². The van der Waals surface area contributed by atoms with E-state index < -0.39 is 6.10 Å². The summed E-state index contributed by atoms with van der Waals surface area (Å²) in [4.78, 5) is 7.63. The topological polar surface area (TPSA) is 48.8 Å². The van der Waals surface area contributed by atoms with Crippen molar-refractivity contribution in [3.63, 3.8) is 0 Å². The molecule has 6 nitrogen and oxygen atoms in total. The molecule has 4 atom stereocenters. The molecule has 4 heterocycles. The summed E-state index contributed by atoms with van der Waals surface area (Å²) in [5.41, 5.74) is 6.11. The summed E-state index contributed by atoms with van der Waals surface area (Å²) in [6.45, 7) is 10.1. The largest absolute Gasteiger partial charge is 0.485 e. The second-order valence-corrected chi connectivity index (χ2v) is 12.1. The Morgan fingerprint density at radius 3 is 2.61 bits per heavy atom. The van der Waals surface area contributed by atoms with E-state index >= 15 is 0 Å². The number of hydrogen-bond acceptors (Lipinski definition) is 5. The van der Waals surface area contributed by atoms with Crippen LogP contribution in [0.4, 0.5) is 4.39 Å². The van der Waals surface area contributed by atoms with E-state index in [9.17, 15) is 4.39 Å². The lowest BCUT2D eigenvalue weighted by Gasteiger charge is -2.39. The van der Waals surface area contributed by atoms with Crippen LogP contribution in [0.25, 0.3) is 11.0 Å². The van der Waals surface area contributed by atoms with Gasteiger partial charge in [-0.2, -0.15) is 0 Å². The van der Waals surface area contributed by atoms with Crippen molar-refractivity contribution in [2.75, 3.05) is 19.8 Å². The second kappa shape index (κ2) is 10.8. The van der Waals surface area contributed by atoms with Crippen LogP contribution in [0, 0.1) is 19.7 Å². The highest BCUT2D eigenvalue weighted by molar-refractivity contribution is 5.77. The van der Waals surface area contributed by atoms with Crippen molar-refractivity contribution in [1.82, 2.24) is 14.5 Å². The lowest BCUT2D eigenvalue weighted by atomic mass is 9.85. The van der Waals surface area contributed by atoms with E-state index in [2.05, 4.69) is 47.6 Å². The van der Waals surface area contributed by atoms with Crippen LogP contribution in [0.1, 0.15) is 66.3 Å². The van der Waals surface area contributed by atoms with Gasteiger partial charge in [0.25, 0.3) is 0 Å². The molecule has 1 aromatic heterocycles. The molecule has 4 unspecified atom stereocenters. The minimum atomic E-state index is -0.460. The van der Waals surface area contributed by atoms with Crippen molar-refractivity contribution in [3.05, 3.63) is 88.5 Å². The minimum absolute atomic E-state index is 0.244. The fraction of sp³-hybridized carbons (Fsp3) is 0.441. The lowest BCUT2D eigenvalue weighted by Crippen LogP contribution is -2.40. The predicted molar refractivity (Wildman–Crippen MR) is 157 cm³/mol. The smallest absolute Gasteiger partial charge is 0.165 e. The van der Waals surface area contributed by atoms with Crippen LogP contribution in [0.2, 0.25) is 0 Å². The Bertz CT molecular complexity index is 1580. The van der Waals surface area contributed by atoms with E-state index in [4.69, 9.17) is 19.2 Å². The van der Waals surface area contributed by atoms with Crippen LogP contribution in [-0.2, 0) is 17.8 Å². The summed E-state index contributed by atoms with van der Waals surface area (Å²) in [7, 11) is 0. The molecule has 3 aliphatic heterocycles. The third-order valence-corrected chi connectivity index (χ3v) is 9.12. The standard InChI is InChI=1S/C34H38FN3O3/c1-21-7-9-27(28(35)15-21)32-20-40-31-6-4-5-26(34(31)41-32)24-11-13-37(23(3)17-24)19-33-36-29-10-8-22(2)16-30(29)38(33)18-25-12-14-39-25/h4-10,15-16,23-25,32H,11-14,17-20H2,1-3H3. The third kappa shape index (κ3) is 5.10. The molecule has 0 aliphatic carbocycles. The first-order chi connectivity index (χ1) is 19.9. The highest BCUT2D eigenvalue weighted by Gasteiger charge is 2.33. The number of halogens is 1. The maximum atomic E-state index is 14.8. The maximum absolute atomic E-state index is 14.8. The summed E-state index contributed by atoms with van der Waals surface area (Å²) < 4.78 is 35.6. The lowest BCUT2D eigenvalue weighted by molar-refractivity contribution is -0.0592. The van der Waals surface area contributed by atoms with E-state index in [-0.39, 0.29) is 11.9 Å². The molecule has 2 fully saturated rings. The molecule has 0 bridgehead atoms. The number of aryl methyl sites for hydroxylation is 2. The molecule has 3 aliphatic rings. The van der Waals surface area contributed by atoms with Gasteiger partial charge in [-0.1, -0.05) is 30.3 Å². The first kappa shape index (κ1) is 26.5. The zero-order valence-corrected chi connectivity index (χ0v) is 24.1. The van der Waals surface area contributed by atoms with Crippen molar-refractivity contribution in [3.8, 4) is 11.5 Å². The Morgan fingerprint density at radius 1 is 1.00 bits per heavy atom. The molecule has 4 aromatic rings. The van der Waals surface area contributed by atoms with Crippen LogP contribution >= 0.6 is 0 Å². The van der Waals surface area contributed by atoms with E-state index in [1.807, 2.05) is 31.2 Å². The number of ether oxygens (including phenoxy) is 3. The Balaban J connectivity index is 1.09. The normalized spacial score (nSPS) is 24.4. The molecule has 3 aromatic carbocycles. The Labute approximate surface area is 241 Å². The molecule has 0 saturated carbocycles. The molecule has 2 saturated heterocycles. The molecular formula is C34H38FN3O3. The maximum Gasteiger partial charge on any atom is 0.165 e. The third-order valence-electron chi connectivity index (χ3n) is 9.12. The first-order valence-corrected chi connectivity index (χ1v) is 14.9. The monoisotopic (exact) mass is 555 g/mol. The van der Waals surface area contributed by atoms with Crippen LogP contribution in [0.5, 0.6) is 11.5 Å². The van der Waals surface area contributed by atoms with Gasteiger partial charge < -0.3 is 18.8 Å². The first-order valence-electron chi connectivity index (χ1n) is 14.9. The molecule has 214 valence electrons. The number of para-hydroxylation sites is 1. The van der Waals surface area contributed by atoms with Gasteiger partial charge in [0.15, 0.2) is 17.6 Å². The average Bonchev–Trinajstić information content (AvgIpc) is 3.27. The molecule has 0 radical (unpaired) electrons.